The highest BCUT2D eigenvalue weighted by atomic mass is 79.9. The summed E-state index contributed by atoms with van der Waals surface area (Å²) in [5.41, 5.74) is 6.67. The van der Waals surface area contributed by atoms with Gasteiger partial charge >= 0.3 is 0 Å². The van der Waals surface area contributed by atoms with Crippen LogP contribution in [0.5, 0.6) is 11.5 Å². The number of halogens is 2. The molecule has 8 heteroatoms. The second-order valence-corrected chi connectivity index (χ2v) is 10.8. The summed E-state index contributed by atoms with van der Waals surface area (Å²) in [6, 6.07) is 11.1. The SMILES string of the molecule is CC(C)(C)c1ccc(OCC(=O)NNC(=O)COc2ccc(Br)cc2Cl)c(C(C)(C)C)c1. The number of hydrogen-bond acceptors (Lipinski definition) is 4. The zero-order valence-electron chi connectivity index (χ0n) is 19.3. The molecule has 0 heterocycles. The van der Waals surface area contributed by atoms with E-state index >= 15 is 0 Å². The maximum Gasteiger partial charge on any atom is 0.276 e. The lowest BCUT2D eigenvalue weighted by molar-refractivity contribution is -0.131. The van der Waals surface area contributed by atoms with Gasteiger partial charge in [-0.25, -0.2) is 0 Å². The van der Waals surface area contributed by atoms with Crippen LogP contribution < -0.4 is 20.3 Å². The second-order valence-electron chi connectivity index (χ2n) is 9.46. The first-order valence-corrected chi connectivity index (χ1v) is 11.4. The largest absolute Gasteiger partial charge is 0.483 e. The molecule has 0 aromatic heterocycles. The number of carbonyl (C=O) groups excluding carboxylic acids is 2. The summed E-state index contributed by atoms with van der Waals surface area (Å²) in [7, 11) is 0. The lowest BCUT2D eigenvalue weighted by Crippen LogP contribution is -2.45. The Morgan fingerprint density at radius 3 is 1.88 bits per heavy atom. The van der Waals surface area contributed by atoms with Crippen molar-refractivity contribution in [2.75, 3.05) is 13.2 Å². The third-order valence-corrected chi connectivity index (χ3v) is 5.40. The van der Waals surface area contributed by atoms with Crippen molar-refractivity contribution in [2.24, 2.45) is 0 Å². The summed E-state index contributed by atoms with van der Waals surface area (Å²) in [5.74, 6) is -0.00435. The number of benzene rings is 2. The normalized spacial score (nSPS) is 11.6. The molecule has 0 radical (unpaired) electrons. The monoisotopic (exact) mass is 524 g/mol. The Hall–Kier alpha value is -2.25. The first-order chi connectivity index (χ1) is 14.8. The summed E-state index contributed by atoms with van der Waals surface area (Å²) in [6.07, 6.45) is 0. The molecule has 174 valence electrons. The van der Waals surface area contributed by atoms with Crippen molar-refractivity contribution in [1.82, 2.24) is 10.9 Å². The molecule has 0 bridgehead atoms. The van der Waals surface area contributed by atoms with Crippen molar-refractivity contribution in [2.45, 2.75) is 52.4 Å². The van der Waals surface area contributed by atoms with Gasteiger partial charge in [-0.15, -0.1) is 0 Å². The van der Waals surface area contributed by atoms with Crippen LogP contribution in [-0.4, -0.2) is 25.0 Å². The highest BCUT2D eigenvalue weighted by Crippen LogP contribution is 2.35. The fraction of sp³-hybridized carbons (Fsp3) is 0.417. The molecule has 6 nitrogen and oxygen atoms in total. The van der Waals surface area contributed by atoms with Gasteiger partial charge in [0.15, 0.2) is 13.2 Å². The Bertz CT molecular complexity index is 981. The van der Waals surface area contributed by atoms with Gasteiger partial charge in [0.1, 0.15) is 11.5 Å². The number of carbonyl (C=O) groups is 2. The predicted octanol–water partition coefficient (Wildman–Crippen LogP) is 5.30. The molecule has 0 saturated heterocycles. The van der Waals surface area contributed by atoms with Gasteiger partial charge < -0.3 is 9.47 Å². The van der Waals surface area contributed by atoms with Gasteiger partial charge in [0.05, 0.1) is 5.02 Å². The van der Waals surface area contributed by atoms with E-state index in [-0.39, 0.29) is 24.0 Å². The quantitative estimate of drug-likeness (QED) is 0.502. The molecule has 0 atom stereocenters. The van der Waals surface area contributed by atoms with Crippen LogP contribution >= 0.6 is 27.5 Å². The summed E-state index contributed by atoms with van der Waals surface area (Å²) >= 11 is 9.34. The average molecular weight is 526 g/mol. The van der Waals surface area contributed by atoms with Crippen LogP contribution in [0, 0.1) is 0 Å². The van der Waals surface area contributed by atoms with Crippen LogP contribution in [0.3, 0.4) is 0 Å². The molecule has 0 aliphatic rings. The third-order valence-electron chi connectivity index (χ3n) is 4.61. The maximum atomic E-state index is 12.2. The number of hydrogen-bond donors (Lipinski definition) is 2. The minimum absolute atomic E-state index is 0.00271. The summed E-state index contributed by atoms with van der Waals surface area (Å²) in [5, 5.41) is 0.372. The summed E-state index contributed by atoms with van der Waals surface area (Å²) in [4.78, 5) is 24.1. The van der Waals surface area contributed by atoms with Crippen molar-refractivity contribution in [3.8, 4) is 11.5 Å². The van der Waals surface area contributed by atoms with Crippen LogP contribution in [0.1, 0.15) is 52.7 Å². The van der Waals surface area contributed by atoms with Crippen molar-refractivity contribution >= 4 is 39.3 Å². The predicted molar refractivity (Wildman–Crippen MR) is 130 cm³/mol. The molecule has 0 spiro atoms. The summed E-state index contributed by atoms with van der Waals surface area (Å²) < 4.78 is 11.9. The van der Waals surface area contributed by atoms with Gasteiger partial charge in [-0.1, -0.05) is 81.2 Å². The second kappa shape index (κ2) is 10.6. The van der Waals surface area contributed by atoms with E-state index in [9.17, 15) is 9.59 Å². The fourth-order valence-electron chi connectivity index (χ4n) is 2.80. The lowest BCUT2D eigenvalue weighted by Gasteiger charge is -2.27. The molecule has 2 amide bonds. The first-order valence-electron chi connectivity index (χ1n) is 10.2. The average Bonchev–Trinajstić information content (AvgIpc) is 2.68. The van der Waals surface area contributed by atoms with Crippen molar-refractivity contribution in [3.05, 3.63) is 57.0 Å². The molecule has 2 aromatic rings. The number of nitrogens with one attached hydrogen (secondary N) is 2. The van der Waals surface area contributed by atoms with Crippen molar-refractivity contribution < 1.29 is 19.1 Å². The molecule has 32 heavy (non-hydrogen) atoms. The maximum absolute atomic E-state index is 12.2. The van der Waals surface area contributed by atoms with E-state index in [1.54, 1.807) is 18.2 Å². The molecule has 2 rings (SSSR count). The number of ether oxygens (including phenoxy) is 2. The lowest BCUT2D eigenvalue weighted by atomic mass is 9.80. The van der Waals surface area contributed by atoms with Crippen LogP contribution in [0.4, 0.5) is 0 Å². The Morgan fingerprint density at radius 2 is 1.38 bits per heavy atom. The van der Waals surface area contributed by atoms with Crippen LogP contribution in [0.15, 0.2) is 40.9 Å². The van der Waals surface area contributed by atoms with Crippen molar-refractivity contribution in [3.63, 3.8) is 0 Å². The topological polar surface area (TPSA) is 76.7 Å². The van der Waals surface area contributed by atoms with Gasteiger partial charge in [0.2, 0.25) is 0 Å². The van der Waals surface area contributed by atoms with E-state index in [1.807, 2.05) is 12.1 Å². The highest BCUT2D eigenvalue weighted by molar-refractivity contribution is 9.10. The van der Waals surface area contributed by atoms with E-state index in [0.29, 0.717) is 16.5 Å². The number of hydrazine groups is 1. The molecule has 2 N–H and O–H groups in total. The molecule has 0 unspecified atom stereocenters. The minimum atomic E-state index is -0.526. The molecule has 2 aromatic carbocycles. The Labute approximate surface area is 203 Å². The minimum Gasteiger partial charge on any atom is -0.483 e. The molecule has 0 fully saturated rings. The molecule has 0 aliphatic carbocycles. The fourth-order valence-corrected chi connectivity index (χ4v) is 3.53. The number of amides is 2. The molecular weight excluding hydrogens is 496 g/mol. The van der Waals surface area contributed by atoms with E-state index < -0.39 is 11.8 Å². The molecular formula is C24H30BrClN2O4. The van der Waals surface area contributed by atoms with Crippen molar-refractivity contribution in [1.29, 1.82) is 0 Å². The summed E-state index contributed by atoms with van der Waals surface area (Å²) in [6.45, 7) is 12.2. The van der Waals surface area contributed by atoms with Crippen LogP contribution in [0.2, 0.25) is 5.02 Å². The van der Waals surface area contributed by atoms with Gasteiger partial charge in [0.25, 0.3) is 11.8 Å². The van der Waals surface area contributed by atoms with Gasteiger partial charge in [-0.3, -0.25) is 20.4 Å². The standard InChI is InChI=1S/C24H30BrClN2O4/c1-23(2,3)15-7-9-19(17(11-15)24(4,5)6)31-13-21(29)27-28-22(30)14-32-20-10-8-16(25)12-18(20)26/h7-12H,13-14H2,1-6H3,(H,27,29)(H,28,30). The Balaban J connectivity index is 1.89. The van der Waals surface area contributed by atoms with E-state index in [0.717, 1.165) is 10.0 Å². The van der Waals surface area contributed by atoms with Crippen LogP contribution in [0.25, 0.3) is 0 Å². The van der Waals surface area contributed by atoms with E-state index in [1.165, 1.54) is 5.56 Å². The molecule has 0 aliphatic heterocycles. The Kier molecular flexibility index (Phi) is 8.60. The zero-order chi connectivity index (χ0) is 24.1. The Morgan fingerprint density at radius 1 is 0.844 bits per heavy atom. The first kappa shape index (κ1) is 26.0. The molecule has 0 saturated carbocycles. The van der Waals surface area contributed by atoms with Crippen LogP contribution in [-0.2, 0) is 20.4 Å². The highest BCUT2D eigenvalue weighted by Gasteiger charge is 2.23. The van der Waals surface area contributed by atoms with Gasteiger partial charge in [-0.05, 0) is 46.2 Å². The van der Waals surface area contributed by atoms with E-state index in [4.69, 9.17) is 21.1 Å². The number of rotatable bonds is 6. The van der Waals surface area contributed by atoms with Gasteiger partial charge in [-0.2, -0.15) is 0 Å². The smallest absolute Gasteiger partial charge is 0.276 e. The van der Waals surface area contributed by atoms with Gasteiger partial charge in [0, 0.05) is 4.47 Å². The third kappa shape index (κ3) is 7.71. The van der Waals surface area contributed by atoms with E-state index in [2.05, 4.69) is 74.4 Å². The zero-order valence-corrected chi connectivity index (χ0v) is 21.6.